The molecule has 0 unspecified atom stereocenters. The molecule has 14 heteroatoms. The monoisotopic (exact) mass is 507 g/mol. The molecule has 2 heterocycles. The van der Waals surface area contributed by atoms with E-state index >= 15 is 0 Å². The van der Waals surface area contributed by atoms with Gasteiger partial charge in [-0.3, -0.25) is 24.7 Å². The van der Waals surface area contributed by atoms with Crippen molar-refractivity contribution in [3.63, 3.8) is 0 Å². The minimum Gasteiger partial charge on any atom is -0.480 e. The molecule has 5 N–H and O–H groups in total. The summed E-state index contributed by atoms with van der Waals surface area (Å²) in [7, 11) is -3.84. The van der Waals surface area contributed by atoms with Crippen LogP contribution in [0, 0.1) is 0 Å². The quantitative estimate of drug-likeness (QED) is 0.246. The number of carbonyl (C=O) groups excluding carboxylic acids is 2. The largest absolute Gasteiger partial charge is 0.480 e. The fourth-order valence-electron chi connectivity index (χ4n) is 2.66. The average molecular weight is 508 g/mol. The number of amides is 2. The van der Waals surface area contributed by atoms with Crippen LogP contribution in [0.2, 0.25) is 0 Å². The Hall–Kier alpha value is -2.22. The van der Waals surface area contributed by atoms with Crippen molar-refractivity contribution < 1.29 is 27.9 Å². The minimum atomic E-state index is -3.84. The van der Waals surface area contributed by atoms with Crippen LogP contribution in [0.3, 0.4) is 0 Å². The van der Waals surface area contributed by atoms with E-state index in [0.717, 1.165) is 17.8 Å². The van der Waals surface area contributed by atoms with E-state index in [4.69, 9.17) is 11.6 Å². The van der Waals surface area contributed by atoms with Crippen molar-refractivity contribution in [1.29, 1.82) is 0 Å². The van der Waals surface area contributed by atoms with Gasteiger partial charge >= 0.3 is 5.97 Å². The first kappa shape index (κ1) is 26.0. The second-order valence-corrected chi connectivity index (χ2v) is 10.3. The maximum atomic E-state index is 12.3. The molecule has 32 heavy (non-hydrogen) atoms. The van der Waals surface area contributed by atoms with E-state index in [0.29, 0.717) is 23.8 Å². The lowest BCUT2D eigenvalue weighted by Gasteiger charge is -2.15. The predicted molar refractivity (Wildman–Crippen MR) is 122 cm³/mol. The number of carbonyl (C=O) groups is 3. The van der Waals surface area contributed by atoms with Crippen molar-refractivity contribution in [2.45, 2.75) is 31.7 Å². The number of carboxylic acid groups (broad SMARTS) is 1. The zero-order valence-corrected chi connectivity index (χ0v) is 19.6. The number of alkyl halides is 1. The van der Waals surface area contributed by atoms with Gasteiger partial charge < -0.3 is 15.7 Å². The second-order valence-electron chi connectivity index (χ2n) is 6.90. The Morgan fingerprint density at radius 1 is 1.31 bits per heavy atom. The lowest BCUT2D eigenvalue weighted by atomic mass is 10.2. The summed E-state index contributed by atoms with van der Waals surface area (Å²) in [4.78, 5) is 41.0. The fraction of sp³-hybridized carbons (Fsp3) is 0.556. The molecule has 0 saturated carbocycles. The molecular formula is C18H26ClN5O6S2. The van der Waals surface area contributed by atoms with Crippen LogP contribution in [-0.4, -0.2) is 74.6 Å². The molecule has 11 nitrogen and oxygen atoms in total. The maximum Gasteiger partial charge on any atom is 0.323 e. The summed E-state index contributed by atoms with van der Waals surface area (Å²) in [6.45, 7) is 1.02. The van der Waals surface area contributed by atoms with Gasteiger partial charge in [0.25, 0.3) is 5.91 Å². The zero-order valence-electron chi connectivity index (χ0n) is 17.2. The zero-order chi connectivity index (χ0) is 23.6. The summed E-state index contributed by atoms with van der Waals surface area (Å²) in [6.07, 6.45) is 1.74. The Balaban J connectivity index is 1.82. The Kier molecular flexibility index (Phi) is 10.4. The highest BCUT2D eigenvalue weighted by molar-refractivity contribution is 7.89. The Morgan fingerprint density at radius 2 is 2.09 bits per heavy atom. The van der Waals surface area contributed by atoms with Crippen molar-refractivity contribution >= 4 is 56.7 Å². The van der Waals surface area contributed by atoms with Crippen molar-refractivity contribution in [3.05, 3.63) is 21.9 Å². The number of hydrogen-bond acceptors (Lipinski definition) is 8. The highest BCUT2D eigenvalue weighted by Gasteiger charge is 2.24. The number of hydrogen-bond donors (Lipinski definition) is 5. The molecule has 0 saturated heterocycles. The number of rotatable bonds is 12. The molecule has 1 aliphatic rings. The standard InChI is InChI=1S/C18H26ClN5O6S2/c19-7-1-10-32(29,30)24-13(17(27)28)11-22-16(26)14-5-3-12(31-14)4-6-15(25)23-18-20-8-2-9-21-18/h3,5,13,24H,1-2,4,6-11H2,(H,22,26)(H,27,28)(H2,20,21,23,25)/t13-/m0/s1. The molecular weight excluding hydrogens is 482 g/mol. The Morgan fingerprint density at radius 3 is 2.75 bits per heavy atom. The summed E-state index contributed by atoms with van der Waals surface area (Å²) >= 11 is 6.64. The van der Waals surface area contributed by atoms with E-state index in [-0.39, 0.29) is 30.4 Å². The number of nitrogens with zero attached hydrogens (tertiary/aromatic N) is 1. The third-order valence-electron chi connectivity index (χ3n) is 4.27. The SMILES string of the molecule is O=C(CCc1ccc(C(=O)NC[C@H](NS(=O)(=O)CCCCl)C(=O)O)s1)NC1=NCCCN1. The molecule has 0 fully saturated rings. The van der Waals surface area contributed by atoms with E-state index in [9.17, 15) is 27.9 Å². The normalized spacial score (nSPS) is 14.7. The molecule has 1 aromatic rings. The highest BCUT2D eigenvalue weighted by atomic mass is 35.5. The molecule has 2 amide bonds. The van der Waals surface area contributed by atoms with Crippen LogP contribution in [0.25, 0.3) is 0 Å². The number of aryl methyl sites for hydroxylation is 1. The second kappa shape index (κ2) is 12.7. The van der Waals surface area contributed by atoms with Gasteiger partial charge in [-0.2, -0.15) is 4.72 Å². The minimum absolute atomic E-state index is 0.128. The van der Waals surface area contributed by atoms with Crippen LogP contribution in [-0.2, 0) is 26.0 Å². The number of sulfonamides is 1. The summed E-state index contributed by atoms with van der Waals surface area (Å²) in [6, 6.07) is 1.78. The van der Waals surface area contributed by atoms with E-state index in [1.165, 1.54) is 11.3 Å². The van der Waals surface area contributed by atoms with Crippen LogP contribution in [0.4, 0.5) is 0 Å². The molecule has 2 rings (SSSR count). The van der Waals surface area contributed by atoms with Gasteiger partial charge in [0.05, 0.1) is 10.6 Å². The average Bonchev–Trinajstić information content (AvgIpc) is 3.23. The van der Waals surface area contributed by atoms with Gasteiger partial charge in [-0.05, 0) is 31.4 Å². The van der Waals surface area contributed by atoms with Crippen LogP contribution in [0.1, 0.15) is 33.8 Å². The number of guanidine groups is 1. The van der Waals surface area contributed by atoms with Gasteiger partial charge in [0.1, 0.15) is 6.04 Å². The first-order chi connectivity index (χ1) is 15.2. The van der Waals surface area contributed by atoms with Crippen LogP contribution in [0.15, 0.2) is 17.1 Å². The Bertz CT molecular complexity index is 949. The number of nitrogens with one attached hydrogen (secondary N) is 4. The fourth-order valence-corrected chi connectivity index (χ4v) is 5.14. The van der Waals surface area contributed by atoms with Gasteiger partial charge in [0.2, 0.25) is 15.9 Å². The van der Waals surface area contributed by atoms with Crippen LogP contribution >= 0.6 is 22.9 Å². The van der Waals surface area contributed by atoms with Gasteiger partial charge in [-0.1, -0.05) is 0 Å². The third kappa shape index (κ3) is 9.10. The van der Waals surface area contributed by atoms with Crippen molar-refractivity contribution in [3.8, 4) is 0 Å². The number of aliphatic imine (C=N–C) groups is 1. The molecule has 0 aliphatic carbocycles. The van der Waals surface area contributed by atoms with Crippen molar-refractivity contribution in [2.24, 2.45) is 4.99 Å². The van der Waals surface area contributed by atoms with Gasteiger partial charge in [0, 0.05) is 36.8 Å². The molecule has 0 spiro atoms. The number of halogens is 1. The molecule has 1 atom stereocenters. The first-order valence-electron chi connectivity index (χ1n) is 9.94. The molecule has 0 aromatic carbocycles. The number of aliphatic carboxylic acids is 1. The Labute approximate surface area is 195 Å². The van der Waals surface area contributed by atoms with Crippen LogP contribution in [0.5, 0.6) is 0 Å². The van der Waals surface area contributed by atoms with Gasteiger partial charge in [-0.15, -0.1) is 22.9 Å². The molecule has 0 radical (unpaired) electrons. The maximum absolute atomic E-state index is 12.3. The smallest absolute Gasteiger partial charge is 0.323 e. The number of carboxylic acids is 1. The molecule has 1 aromatic heterocycles. The van der Waals surface area contributed by atoms with Gasteiger partial charge in [-0.25, -0.2) is 8.42 Å². The summed E-state index contributed by atoms with van der Waals surface area (Å²) in [5.74, 6) is -1.84. The molecule has 178 valence electrons. The third-order valence-corrected chi connectivity index (χ3v) is 7.15. The van der Waals surface area contributed by atoms with E-state index in [1.54, 1.807) is 12.1 Å². The topological polar surface area (TPSA) is 166 Å². The van der Waals surface area contributed by atoms with Crippen molar-refractivity contribution in [2.75, 3.05) is 31.3 Å². The van der Waals surface area contributed by atoms with Crippen molar-refractivity contribution in [1.82, 2.24) is 20.7 Å². The van der Waals surface area contributed by atoms with Crippen LogP contribution < -0.4 is 20.7 Å². The lowest BCUT2D eigenvalue weighted by molar-refractivity contribution is -0.138. The lowest BCUT2D eigenvalue weighted by Crippen LogP contribution is -2.48. The molecule has 0 bridgehead atoms. The predicted octanol–water partition coefficient (Wildman–Crippen LogP) is -0.122. The van der Waals surface area contributed by atoms with E-state index in [2.05, 4.69) is 20.9 Å². The first-order valence-corrected chi connectivity index (χ1v) is 12.9. The number of thiophene rings is 1. The summed E-state index contributed by atoms with van der Waals surface area (Å²) in [5.41, 5.74) is 0. The van der Waals surface area contributed by atoms with E-state index in [1.807, 2.05) is 4.72 Å². The van der Waals surface area contributed by atoms with Gasteiger partial charge in [0.15, 0.2) is 5.96 Å². The molecule has 1 aliphatic heterocycles. The summed E-state index contributed by atoms with van der Waals surface area (Å²) in [5, 5.41) is 17.4. The van der Waals surface area contributed by atoms with E-state index < -0.39 is 34.5 Å². The highest BCUT2D eigenvalue weighted by Crippen LogP contribution is 2.18. The summed E-state index contributed by atoms with van der Waals surface area (Å²) < 4.78 is 25.8.